The van der Waals surface area contributed by atoms with E-state index in [9.17, 15) is 13.2 Å². The molecule has 148 valence electrons. The van der Waals surface area contributed by atoms with E-state index in [1.54, 1.807) is 6.92 Å². The van der Waals surface area contributed by atoms with Crippen LogP contribution in [0, 0.1) is 12.8 Å². The van der Waals surface area contributed by atoms with Gasteiger partial charge in [-0.3, -0.25) is 4.79 Å². The van der Waals surface area contributed by atoms with Gasteiger partial charge in [0.05, 0.1) is 0 Å². The number of hydrogen-bond acceptors (Lipinski definition) is 5. The molecule has 2 unspecified atom stereocenters. The first-order valence-corrected chi connectivity index (χ1v) is 10.5. The van der Waals surface area contributed by atoms with E-state index in [4.69, 9.17) is 10.2 Å². The Morgan fingerprint density at radius 1 is 1.27 bits per heavy atom. The Morgan fingerprint density at radius 3 is 2.58 bits per heavy atom. The third-order valence-corrected chi connectivity index (χ3v) is 7.31. The summed E-state index contributed by atoms with van der Waals surface area (Å²) in [7, 11) is -3.59. The lowest BCUT2D eigenvalue weighted by molar-refractivity contribution is 0.0878. The largest absolute Gasteiger partial charge is 0.455 e. The van der Waals surface area contributed by atoms with Gasteiger partial charge < -0.3 is 15.5 Å². The third-order valence-electron chi connectivity index (χ3n) is 5.31. The summed E-state index contributed by atoms with van der Waals surface area (Å²) in [5, 5.41) is 2.98. The number of hydrogen-bond donors (Lipinski definition) is 2. The van der Waals surface area contributed by atoms with Gasteiger partial charge in [-0.15, -0.1) is 12.4 Å². The molecule has 1 aliphatic heterocycles. The van der Waals surface area contributed by atoms with Gasteiger partial charge in [-0.1, -0.05) is 12.8 Å². The summed E-state index contributed by atoms with van der Waals surface area (Å²) in [5.74, 6) is 0.213. The molecule has 1 amide bonds. The Hall–Kier alpha value is -1.09. The summed E-state index contributed by atoms with van der Waals surface area (Å²) >= 11 is 0. The molecule has 1 saturated carbocycles. The van der Waals surface area contributed by atoms with Crippen molar-refractivity contribution in [1.29, 1.82) is 0 Å². The van der Waals surface area contributed by atoms with Crippen LogP contribution in [-0.4, -0.2) is 44.3 Å². The van der Waals surface area contributed by atoms with Gasteiger partial charge in [0, 0.05) is 25.2 Å². The highest BCUT2D eigenvalue weighted by molar-refractivity contribution is 7.89. The van der Waals surface area contributed by atoms with Crippen LogP contribution in [0.2, 0.25) is 0 Å². The van der Waals surface area contributed by atoms with Crippen molar-refractivity contribution in [2.75, 3.05) is 19.6 Å². The highest BCUT2D eigenvalue weighted by atomic mass is 35.5. The van der Waals surface area contributed by atoms with E-state index in [1.165, 1.54) is 10.4 Å². The summed E-state index contributed by atoms with van der Waals surface area (Å²) < 4.78 is 32.3. The van der Waals surface area contributed by atoms with E-state index >= 15 is 0 Å². The number of rotatable bonds is 5. The quantitative estimate of drug-likeness (QED) is 0.779. The fourth-order valence-electron chi connectivity index (χ4n) is 3.82. The standard InChI is InChI=1S/C17H27N3O4S.ClH/c1-12-16(25(22,23)20-8-4-5-9-20)10-15(24-12)17(21)19-14-7-3-2-6-13(14)11-18;/h10,13-14H,2-9,11,18H2,1H3,(H,19,21);1H. The fraction of sp³-hybridized carbons (Fsp3) is 0.706. The van der Waals surface area contributed by atoms with Crippen LogP contribution < -0.4 is 11.1 Å². The molecule has 2 heterocycles. The van der Waals surface area contributed by atoms with Crippen LogP contribution in [0.1, 0.15) is 54.8 Å². The first-order chi connectivity index (χ1) is 11.9. The van der Waals surface area contributed by atoms with Crippen LogP contribution >= 0.6 is 12.4 Å². The molecule has 3 rings (SSSR count). The van der Waals surface area contributed by atoms with E-state index in [0.717, 1.165) is 38.5 Å². The number of sulfonamides is 1. The Bertz CT molecular complexity index is 728. The zero-order valence-corrected chi connectivity index (χ0v) is 16.7. The smallest absolute Gasteiger partial charge is 0.287 e. The zero-order chi connectivity index (χ0) is 18.0. The Kier molecular flexibility index (Phi) is 7.12. The predicted octanol–water partition coefficient (Wildman–Crippen LogP) is 2.04. The predicted molar refractivity (Wildman–Crippen MR) is 101 cm³/mol. The van der Waals surface area contributed by atoms with Crippen molar-refractivity contribution in [2.24, 2.45) is 11.7 Å². The van der Waals surface area contributed by atoms with Crippen LogP contribution in [0.25, 0.3) is 0 Å². The first-order valence-electron chi connectivity index (χ1n) is 9.05. The number of halogens is 1. The van der Waals surface area contributed by atoms with Crippen molar-refractivity contribution in [3.05, 3.63) is 17.6 Å². The monoisotopic (exact) mass is 405 g/mol. The van der Waals surface area contributed by atoms with Crippen LogP contribution in [0.3, 0.4) is 0 Å². The van der Waals surface area contributed by atoms with Gasteiger partial charge in [0.1, 0.15) is 10.7 Å². The number of carbonyl (C=O) groups is 1. The van der Waals surface area contributed by atoms with Crippen LogP contribution in [0.5, 0.6) is 0 Å². The minimum atomic E-state index is -3.59. The van der Waals surface area contributed by atoms with Gasteiger partial charge in [-0.25, -0.2) is 8.42 Å². The summed E-state index contributed by atoms with van der Waals surface area (Å²) in [6.07, 6.45) is 5.83. The van der Waals surface area contributed by atoms with Crippen molar-refractivity contribution in [3.8, 4) is 0 Å². The second kappa shape index (κ2) is 8.73. The molecule has 1 aromatic rings. The van der Waals surface area contributed by atoms with Gasteiger partial charge in [0.15, 0.2) is 5.76 Å². The van der Waals surface area contributed by atoms with E-state index < -0.39 is 10.0 Å². The third kappa shape index (κ3) is 4.24. The van der Waals surface area contributed by atoms with E-state index in [-0.39, 0.29) is 46.7 Å². The minimum absolute atomic E-state index is 0. The van der Waals surface area contributed by atoms with Gasteiger partial charge in [-0.05, 0) is 45.1 Å². The lowest BCUT2D eigenvalue weighted by Crippen LogP contribution is -2.44. The topological polar surface area (TPSA) is 106 Å². The lowest BCUT2D eigenvalue weighted by Gasteiger charge is -2.30. The molecule has 3 N–H and O–H groups in total. The highest BCUT2D eigenvalue weighted by Crippen LogP contribution is 2.27. The van der Waals surface area contributed by atoms with Crippen molar-refractivity contribution < 1.29 is 17.6 Å². The zero-order valence-electron chi connectivity index (χ0n) is 15.1. The summed E-state index contributed by atoms with van der Waals surface area (Å²) in [5.41, 5.74) is 5.80. The lowest BCUT2D eigenvalue weighted by atomic mass is 9.84. The van der Waals surface area contributed by atoms with Crippen LogP contribution in [0.15, 0.2) is 15.4 Å². The maximum absolute atomic E-state index is 12.7. The number of aryl methyl sites for hydroxylation is 1. The number of amides is 1. The minimum Gasteiger partial charge on any atom is -0.455 e. The van der Waals surface area contributed by atoms with E-state index in [2.05, 4.69) is 5.32 Å². The van der Waals surface area contributed by atoms with E-state index in [0.29, 0.717) is 19.6 Å². The van der Waals surface area contributed by atoms with Crippen LogP contribution in [-0.2, 0) is 10.0 Å². The maximum Gasteiger partial charge on any atom is 0.287 e. The molecule has 26 heavy (non-hydrogen) atoms. The maximum atomic E-state index is 12.7. The molecular formula is C17H28ClN3O4S. The van der Waals surface area contributed by atoms with Crippen molar-refractivity contribution >= 4 is 28.3 Å². The Morgan fingerprint density at radius 2 is 1.92 bits per heavy atom. The van der Waals surface area contributed by atoms with Gasteiger partial charge in [-0.2, -0.15) is 4.31 Å². The number of nitrogens with two attached hydrogens (primary N) is 1. The highest BCUT2D eigenvalue weighted by Gasteiger charge is 2.32. The number of furan rings is 1. The van der Waals surface area contributed by atoms with Gasteiger partial charge in [0.25, 0.3) is 5.91 Å². The molecule has 0 aromatic carbocycles. The van der Waals surface area contributed by atoms with Crippen molar-refractivity contribution in [2.45, 2.75) is 56.4 Å². The average Bonchev–Trinajstić information content (AvgIpc) is 3.25. The van der Waals surface area contributed by atoms with Gasteiger partial charge >= 0.3 is 0 Å². The SMILES string of the molecule is Cc1oc(C(=O)NC2CCCCC2CN)cc1S(=O)(=O)N1CCCC1.Cl. The fourth-order valence-corrected chi connectivity index (χ4v) is 5.50. The summed E-state index contributed by atoms with van der Waals surface area (Å²) in [4.78, 5) is 12.6. The number of nitrogens with zero attached hydrogens (tertiary/aromatic N) is 1. The molecule has 0 spiro atoms. The molecule has 0 radical (unpaired) electrons. The Labute approximate surface area is 161 Å². The molecule has 2 aliphatic rings. The molecule has 0 bridgehead atoms. The van der Waals surface area contributed by atoms with Gasteiger partial charge in [0.2, 0.25) is 10.0 Å². The molecule has 1 aromatic heterocycles. The molecule has 1 saturated heterocycles. The average molecular weight is 406 g/mol. The molecule has 2 atom stereocenters. The number of nitrogens with one attached hydrogen (secondary N) is 1. The van der Waals surface area contributed by atoms with Crippen molar-refractivity contribution in [3.63, 3.8) is 0 Å². The summed E-state index contributed by atoms with van der Waals surface area (Å²) in [6.45, 7) is 3.17. The molecule has 2 fully saturated rings. The first kappa shape index (κ1) is 21.2. The second-order valence-corrected chi connectivity index (χ2v) is 8.91. The molecule has 9 heteroatoms. The summed E-state index contributed by atoms with van der Waals surface area (Å²) in [6, 6.07) is 1.38. The Balaban J connectivity index is 0.00000243. The molecular weight excluding hydrogens is 378 g/mol. The van der Waals surface area contributed by atoms with Crippen molar-refractivity contribution in [1.82, 2.24) is 9.62 Å². The molecule has 1 aliphatic carbocycles. The van der Waals surface area contributed by atoms with Crippen LogP contribution in [0.4, 0.5) is 0 Å². The van der Waals surface area contributed by atoms with E-state index in [1.807, 2.05) is 0 Å². The second-order valence-electron chi connectivity index (χ2n) is 7.00. The molecule has 7 nitrogen and oxygen atoms in total. The number of carbonyl (C=O) groups excluding carboxylic acids is 1. The normalized spacial score (nSPS) is 24.2.